The van der Waals surface area contributed by atoms with Crippen molar-refractivity contribution in [1.82, 2.24) is 4.90 Å². The fourth-order valence-corrected chi connectivity index (χ4v) is 3.19. The highest BCUT2D eigenvalue weighted by atomic mass is 16.5. The van der Waals surface area contributed by atoms with Crippen LogP contribution in [0.2, 0.25) is 0 Å². The van der Waals surface area contributed by atoms with Gasteiger partial charge in [0.25, 0.3) is 0 Å². The molecule has 1 aliphatic carbocycles. The summed E-state index contributed by atoms with van der Waals surface area (Å²) in [5.41, 5.74) is 0. The Morgan fingerprint density at radius 2 is 1.50 bits per heavy atom. The molecule has 0 heterocycles. The van der Waals surface area contributed by atoms with E-state index in [-0.39, 0.29) is 6.10 Å². The number of aliphatic hydroxyl groups excluding tert-OH is 1. The lowest BCUT2D eigenvalue weighted by molar-refractivity contribution is 0.0311. The van der Waals surface area contributed by atoms with E-state index in [1.165, 1.54) is 51.4 Å². The number of ether oxygens (including phenoxy) is 1. The van der Waals surface area contributed by atoms with Crippen LogP contribution in [0, 0.1) is 0 Å². The zero-order valence-electron chi connectivity index (χ0n) is 13.6. The summed E-state index contributed by atoms with van der Waals surface area (Å²) >= 11 is 0. The normalized spacial score (nSPS) is 27.0. The number of hydrogen-bond acceptors (Lipinski definition) is 3. The number of hydrogen-bond donors (Lipinski definition) is 1. The van der Waals surface area contributed by atoms with Gasteiger partial charge in [-0.15, -0.1) is 0 Å². The molecule has 0 radical (unpaired) electrons. The van der Waals surface area contributed by atoms with Gasteiger partial charge in [0.1, 0.15) is 0 Å². The monoisotopic (exact) mass is 285 g/mol. The minimum absolute atomic E-state index is 0.166. The Morgan fingerprint density at radius 3 is 2.10 bits per heavy atom. The van der Waals surface area contributed by atoms with Crippen LogP contribution in [0.25, 0.3) is 0 Å². The standard InChI is InChI=1S/C17H35NO2/c1-3-20-15-14-18(2)16-12-10-8-6-4-5-7-9-11-13-17(16)19/h16-17,19H,3-15H2,1-2H3. The third-order valence-electron chi connectivity index (χ3n) is 4.55. The lowest BCUT2D eigenvalue weighted by Crippen LogP contribution is -2.43. The van der Waals surface area contributed by atoms with E-state index in [2.05, 4.69) is 11.9 Å². The van der Waals surface area contributed by atoms with Crippen molar-refractivity contribution in [2.24, 2.45) is 0 Å². The predicted molar refractivity (Wildman–Crippen MR) is 85.1 cm³/mol. The largest absolute Gasteiger partial charge is 0.391 e. The molecule has 2 unspecified atom stereocenters. The molecule has 0 aromatic carbocycles. The van der Waals surface area contributed by atoms with Crippen molar-refractivity contribution in [3.63, 3.8) is 0 Å². The van der Waals surface area contributed by atoms with Gasteiger partial charge in [0, 0.05) is 19.2 Å². The van der Waals surface area contributed by atoms with Gasteiger partial charge in [-0.3, -0.25) is 4.90 Å². The van der Waals surface area contributed by atoms with Crippen LogP contribution in [0.3, 0.4) is 0 Å². The van der Waals surface area contributed by atoms with Gasteiger partial charge in [-0.1, -0.05) is 51.4 Å². The molecule has 20 heavy (non-hydrogen) atoms. The second-order valence-electron chi connectivity index (χ2n) is 6.22. The highest BCUT2D eigenvalue weighted by Gasteiger charge is 2.22. The molecule has 1 rings (SSSR count). The van der Waals surface area contributed by atoms with E-state index < -0.39 is 0 Å². The summed E-state index contributed by atoms with van der Waals surface area (Å²) in [6.07, 6.45) is 12.4. The van der Waals surface area contributed by atoms with E-state index in [9.17, 15) is 5.11 Å². The number of rotatable bonds is 5. The van der Waals surface area contributed by atoms with Gasteiger partial charge in [-0.2, -0.15) is 0 Å². The van der Waals surface area contributed by atoms with Gasteiger partial charge in [0.15, 0.2) is 0 Å². The first-order valence-corrected chi connectivity index (χ1v) is 8.71. The maximum atomic E-state index is 10.5. The molecule has 0 aromatic heterocycles. The maximum absolute atomic E-state index is 10.5. The molecule has 1 fully saturated rings. The number of nitrogens with zero attached hydrogens (tertiary/aromatic N) is 1. The molecule has 0 saturated heterocycles. The molecule has 2 atom stereocenters. The van der Waals surface area contributed by atoms with Crippen LogP contribution in [0.1, 0.15) is 71.1 Å². The average molecular weight is 285 g/mol. The van der Waals surface area contributed by atoms with Crippen LogP contribution in [-0.2, 0) is 4.74 Å². The molecule has 0 aromatic rings. The molecule has 0 amide bonds. The molecule has 120 valence electrons. The van der Waals surface area contributed by atoms with Crippen molar-refractivity contribution in [3.8, 4) is 0 Å². The van der Waals surface area contributed by atoms with Crippen LogP contribution >= 0.6 is 0 Å². The fourth-order valence-electron chi connectivity index (χ4n) is 3.19. The Morgan fingerprint density at radius 1 is 0.950 bits per heavy atom. The van der Waals surface area contributed by atoms with Crippen molar-refractivity contribution >= 4 is 0 Å². The van der Waals surface area contributed by atoms with E-state index in [0.717, 1.165) is 32.6 Å². The highest BCUT2D eigenvalue weighted by molar-refractivity contribution is 4.78. The number of likely N-dealkylation sites (N-methyl/N-ethyl adjacent to an activating group) is 1. The second kappa shape index (κ2) is 11.5. The minimum atomic E-state index is -0.166. The molecule has 3 nitrogen and oxygen atoms in total. The van der Waals surface area contributed by atoms with Gasteiger partial charge in [0.2, 0.25) is 0 Å². The Balaban J connectivity index is 2.42. The maximum Gasteiger partial charge on any atom is 0.0695 e. The average Bonchev–Trinajstić information content (AvgIpc) is 2.43. The third-order valence-corrected chi connectivity index (χ3v) is 4.55. The molecular formula is C17H35NO2. The summed E-state index contributed by atoms with van der Waals surface area (Å²) in [6, 6.07) is 0.315. The SMILES string of the molecule is CCOCCN(C)C1CCCCCCCCCCC1O. The zero-order chi connectivity index (χ0) is 14.6. The van der Waals surface area contributed by atoms with Crippen molar-refractivity contribution in [2.75, 3.05) is 26.8 Å². The van der Waals surface area contributed by atoms with Crippen molar-refractivity contribution in [3.05, 3.63) is 0 Å². The molecule has 1 aliphatic rings. The zero-order valence-corrected chi connectivity index (χ0v) is 13.6. The Kier molecular flexibility index (Phi) is 10.3. The molecule has 0 bridgehead atoms. The highest BCUT2D eigenvalue weighted by Crippen LogP contribution is 2.20. The summed E-state index contributed by atoms with van der Waals surface area (Å²) in [5.74, 6) is 0. The first kappa shape index (κ1) is 17.9. The second-order valence-corrected chi connectivity index (χ2v) is 6.22. The third kappa shape index (κ3) is 7.61. The van der Waals surface area contributed by atoms with Gasteiger partial charge >= 0.3 is 0 Å². The topological polar surface area (TPSA) is 32.7 Å². The molecule has 1 saturated carbocycles. The molecule has 1 N–H and O–H groups in total. The quantitative estimate of drug-likeness (QED) is 0.783. The summed E-state index contributed by atoms with van der Waals surface area (Å²) in [4.78, 5) is 2.31. The van der Waals surface area contributed by atoms with Crippen molar-refractivity contribution in [1.29, 1.82) is 0 Å². The molecule has 0 spiro atoms. The van der Waals surface area contributed by atoms with Crippen LogP contribution in [0.15, 0.2) is 0 Å². The lowest BCUT2D eigenvalue weighted by Gasteiger charge is -2.32. The molecule has 3 heteroatoms. The summed E-state index contributed by atoms with van der Waals surface area (Å²) < 4.78 is 5.44. The number of aliphatic hydroxyl groups is 1. The summed E-state index contributed by atoms with van der Waals surface area (Å²) in [5, 5.41) is 10.5. The molecular weight excluding hydrogens is 250 g/mol. The van der Waals surface area contributed by atoms with Gasteiger partial charge < -0.3 is 9.84 Å². The van der Waals surface area contributed by atoms with Crippen LogP contribution in [0.5, 0.6) is 0 Å². The van der Waals surface area contributed by atoms with Gasteiger partial charge in [0.05, 0.1) is 12.7 Å². The predicted octanol–water partition coefficient (Wildman–Crippen LogP) is 3.60. The van der Waals surface area contributed by atoms with Crippen molar-refractivity contribution in [2.45, 2.75) is 83.3 Å². The van der Waals surface area contributed by atoms with E-state index in [1.54, 1.807) is 0 Å². The molecule has 0 aliphatic heterocycles. The van der Waals surface area contributed by atoms with Crippen LogP contribution in [0.4, 0.5) is 0 Å². The van der Waals surface area contributed by atoms with E-state index in [0.29, 0.717) is 6.04 Å². The van der Waals surface area contributed by atoms with Crippen molar-refractivity contribution < 1.29 is 9.84 Å². The first-order chi connectivity index (χ1) is 9.75. The lowest BCUT2D eigenvalue weighted by atomic mass is 9.95. The summed E-state index contributed by atoms with van der Waals surface area (Å²) in [6.45, 7) is 4.51. The van der Waals surface area contributed by atoms with Gasteiger partial charge in [-0.25, -0.2) is 0 Å². The van der Waals surface area contributed by atoms with E-state index in [1.807, 2.05) is 6.92 Å². The Labute approximate surface area is 125 Å². The minimum Gasteiger partial charge on any atom is -0.391 e. The smallest absolute Gasteiger partial charge is 0.0695 e. The van der Waals surface area contributed by atoms with E-state index in [4.69, 9.17) is 4.74 Å². The Hall–Kier alpha value is -0.120. The Bertz CT molecular complexity index is 219. The van der Waals surface area contributed by atoms with E-state index >= 15 is 0 Å². The fraction of sp³-hybridized carbons (Fsp3) is 1.00. The first-order valence-electron chi connectivity index (χ1n) is 8.71. The van der Waals surface area contributed by atoms with Gasteiger partial charge in [-0.05, 0) is 26.8 Å². The summed E-state index contributed by atoms with van der Waals surface area (Å²) in [7, 11) is 2.14. The van der Waals surface area contributed by atoms with Crippen LogP contribution in [-0.4, -0.2) is 49.0 Å². The van der Waals surface area contributed by atoms with Crippen LogP contribution < -0.4 is 0 Å².